The smallest absolute Gasteiger partial charge is 0.337 e. The maximum atomic E-state index is 11.0. The topological polar surface area (TPSA) is 93.3 Å². The van der Waals surface area contributed by atoms with Crippen LogP contribution in [0.1, 0.15) is 21.5 Å². The van der Waals surface area contributed by atoms with Crippen molar-refractivity contribution in [1.82, 2.24) is 4.98 Å². The van der Waals surface area contributed by atoms with E-state index in [4.69, 9.17) is 5.11 Å². The number of nitrogens with zero attached hydrogens (tertiary/aromatic N) is 2. The molecule has 108 valence electrons. The highest BCUT2D eigenvalue weighted by Crippen LogP contribution is 2.30. The summed E-state index contributed by atoms with van der Waals surface area (Å²) < 4.78 is 0. The third-order valence-corrected chi connectivity index (χ3v) is 3.80. The van der Waals surface area contributed by atoms with Gasteiger partial charge < -0.3 is 5.11 Å². The van der Waals surface area contributed by atoms with E-state index in [1.165, 1.54) is 11.8 Å². The van der Waals surface area contributed by atoms with Crippen molar-refractivity contribution in [1.29, 1.82) is 0 Å². The van der Waals surface area contributed by atoms with E-state index >= 15 is 0 Å². The lowest BCUT2D eigenvalue weighted by Gasteiger charge is -2.04. The molecule has 7 heteroatoms. The number of aryl methyl sites for hydroxylation is 1. The van der Waals surface area contributed by atoms with Crippen LogP contribution in [0.5, 0.6) is 0 Å². The van der Waals surface area contributed by atoms with Gasteiger partial charge in [0.15, 0.2) is 5.03 Å². The molecule has 0 aliphatic heterocycles. The monoisotopic (exact) mass is 304 g/mol. The maximum Gasteiger partial charge on any atom is 0.337 e. The molecule has 0 saturated carbocycles. The third-order valence-electron chi connectivity index (χ3n) is 2.73. The molecule has 2 rings (SSSR count). The lowest BCUT2D eigenvalue weighted by molar-refractivity contribution is -0.388. The summed E-state index contributed by atoms with van der Waals surface area (Å²) in [6.45, 7) is 1.97. The highest BCUT2D eigenvalue weighted by Gasteiger charge is 2.19. The SMILES string of the molecule is Cc1cccc(CSc2ncc(C(=O)O)cc2[N+](=O)[O-])c1. The Morgan fingerprint density at radius 1 is 1.43 bits per heavy atom. The molecule has 1 N–H and O–H groups in total. The lowest BCUT2D eigenvalue weighted by atomic mass is 10.2. The van der Waals surface area contributed by atoms with E-state index in [2.05, 4.69) is 4.98 Å². The molecule has 0 fully saturated rings. The van der Waals surface area contributed by atoms with Crippen LogP contribution < -0.4 is 0 Å². The second-order valence-electron chi connectivity index (χ2n) is 4.39. The Hall–Kier alpha value is -2.41. The second-order valence-corrected chi connectivity index (χ2v) is 5.35. The first-order valence-electron chi connectivity index (χ1n) is 6.03. The zero-order valence-corrected chi connectivity index (χ0v) is 12.0. The van der Waals surface area contributed by atoms with Gasteiger partial charge in [-0.1, -0.05) is 41.6 Å². The average molecular weight is 304 g/mol. The summed E-state index contributed by atoms with van der Waals surface area (Å²) in [5.74, 6) is -0.706. The van der Waals surface area contributed by atoms with E-state index < -0.39 is 10.9 Å². The van der Waals surface area contributed by atoms with E-state index in [9.17, 15) is 14.9 Å². The van der Waals surface area contributed by atoms with Crippen molar-refractivity contribution in [3.8, 4) is 0 Å². The number of carbonyl (C=O) groups is 1. The van der Waals surface area contributed by atoms with Gasteiger partial charge in [0, 0.05) is 18.0 Å². The number of pyridine rings is 1. The van der Waals surface area contributed by atoms with Crippen LogP contribution in [0, 0.1) is 17.0 Å². The minimum absolute atomic E-state index is 0.193. The third kappa shape index (κ3) is 3.79. The summed E-state index contributed by atoms with van der Waals surface area (Å²) in [6, 6.07) is 8.84. The van der Waals surface area contributed by atoms with Crippen molar-refractivity contribution >= 4 is 23.4 Å². The maximum absolute atomic E-state index is 11.0. The molecule has 1 heterocycles. The van der Waals surface area contributed by atoms with Gasteiger partial charge in [-0.2, -0.15) is 0 Å². The highest BCUT2D eigenvalue weighted by molar-refractivity contribution is 7.98. The minimum atomic E-state index is -1.24. The molecule has 0 amide bonds. The van der Waals surface area contributed by atoms with Gasteiger partial charge >= 0.3 is 11.7 Å². The predicted molar refractivity (Wildman–Crippen MR) is 78.6 cm³/mol. The van der Waals surface area contributed by atoms with Crippen molar-refractivity contribution in [3.63, 3.8) is 0 Å². The number of nitro groups is 1. The Kier molecular flexibility index (Phi) is 4.54. The van der Waals surface area contributed by atoms with Gasteiger partial charge in [-0.25, -0.2) is 9.78 Å². The number of aromatic carboxylic acids is 1. The van der Waals surface area contributed by atoms with Crippen molar-refractivity contribution in [2.75, 3.05) is 0 Å². The summed E-state index contributed by atoms with van der Waals surface area (Å²) in [4.78, 5) is 25.1. The standard InChI is InChI=1S/C14H12N2O4S/c1-9-3-2-4-10(5-9)8-21-13-12(16(19)20)6-11(7-15-13)14(17)18/h2-7H,8H2,1H3,(H,17,18). The zero-order chi connectivity index (χ0) is 15.4. The van der Waals surface area contributed by atoms with E-state index in [0.29, 0.717) is 5.75 Å². The summed E-state index contributed by atoms with van der Waals surface area (Å²) in [6.07, 6.45) is 1.13. The van der Waals surface area contributed by atoms with E-state index in [1.54, 1.807) is 0 Å². The molecule has 1 aromatic heterocycles. The van der Waals surface area contributed by atoms with E-state index in [-0.39, 0.29) is 16.3 Å². The van der Waals surface area contributed by atoms with Gasteiger partial charge in [0.1, 0.15) is 0 Å². The summed E-state index contributed by atoms with van der Waals surface area (Å²) in [5, 5.41) is 20.1. The van der Waals surface area contributed by atoms with Gasteiger partial charge in [-0.15, -0.1) is 0 Å². The Morgan fingerprint density at radius 2 is 2.19 bits per heavy atom. The minimum Gasteiger partial charge on any atom is -0.478 e. The largest absolute Gasteiger partial charge is 0.478 e. The number of aromatic nitrogens is 1. The van der Waals surface area contributed by atoms with E-state index in [1.807, 2.05) is 31.2 Å². The van der Waals surface area contributed by atoms with Gasteiger partial charge in [0.2, 0.25) is 0 Å². The second kappa shape index (κ2) is 6.36. The Balaban J connectivity index is 2.23. The Bertz CT molecular complexity index is 703. The molecule has 0 bridgehead atoms. The van der Waals surface area contributed by atoms with Crippen molar-refractivity contribution in [2.45, 2.75) is 17.7 Å². The average Bonchev–Trinajstić information content (AvgIpc) is 2.44. The fraction of sp³-hybridized carbons (Fsp3) is 0.143. The van der Waals surface area contributed by atoms with Crippen LogP contribution in [0.4, 0.5) is 5.69 Å². The first kappa shape index (κ1) is 15.0. The van der Waals surface area contributed by atoms with Crippen molar-refractivity contribution in [3.05, 3.63) is 63.3 Å². The normalized spacial score (nSPS) is 10.3. The number of thioether (sulfide) groups is 1. The Morgan fingerprint density at radius 3 is 2.81 bits per heavy atom. The van der Waals surface area contributed by atoms with Gasteiger partial charge in [-0.05, 0) is 12.5 Å². The fourth-order valence-corrected chi connectivity index (χ4v) is 2.64. The zero-order valence-electron chi connectivity index (χ0n) is 11.1. The summed E-state index contributed by atoms with van der Waals surface area (Å²) >= 11 is 1.21. The molecule has 2 aromatic rings. The molecule has 6 nitrogen and oxygen atoms in total. The molecule has 0 aliphatic rings. The molecule has 0 radical (unpaired) electrons. The fourth-order valence-electron chi connectivity index (χ4n) is 1.75. The number of carboxylic acid groups (broad SMARTS) is 1. The van der Waals surface area contributed by atoms with Gasteiger partial charge in [0.05, 0.1) is 10.5 Å². The molecular formula is C14H12N2O4S. The van der Waals surface area contributed by atoms with Crippen molar-refractivity contribution < 1.29 is 14.8 Å². The van der Waals surface area contributed by atoms with Crippen LogP contribution in [0.2, 0.25) is 0 Å². The predicted octanol–water partition coefficient (Wildman–Crippen LogP) is 3.29. The molecule has 0 atom stereocenters. The van der Waals surface area contributed by atoms with E-state index in [0.717, 1.165) is 23.4 Å². The summed E-state index contributed by atoms with van der Waals surface area (Å²) in [5.41, 5.74) is 1.66. The van der Waals surface area contributed by atoms with Crippen LogP contribution in [0.3, 0.4) is 0 Å². The van der Waals surface area contributed by atoms with Crippen LogP contribution in [-0.4, -0.2) is 21.0 Å². The van der Waals surface area contributed by atoms with Crippen molar-refractivity contribution in [2.24, 2.45) is 0 Å². The molecular weight excluding hydrogens is 292 g/mol. The first-order chi connectivity index (χ1) is 9.97. The Labute approximate surface area is 125 Å². The molecule has 0 unspecified atom stereocenters. The quantitative estimate of drug-likeness (QED) is 0.517. The molecule has 0 spiro atoms. The van der Waals surface area contributed by atoms with Gasteiger partial charge in [-0.3, -0.25) is 10.1 Å². The molecule has 0 saturated heterocycles. The lowest BCUT2D eigenvalue weighted by Crippen LogP contribution is -2.01. The number of benzene rings is 1. The number of rotatable bonds is 5. The van der Waals surface area contributed by atoms with Crippen LogP contribution in [0.25, 0.3) is 0 Å². The van der Waals surface area contributed by atoms with Crippen LogP contribution >= 0.6 is 11.8 Å². The number of carboxylic acids is 1. The molecule has 21 heavy (non-hydrogen) atoms. The molecule has 0 aliphatic carbocycles. The van der Waals surface area contributed by atoms with Crippen LogP contribution in [0.15, 0.2) is 41.6 Å². The van der Waals surface area contributed by atoms with Gasteiger partial charge in [0.25, 0.3) is 0 Å². The van der Waals surface area contributed by atoms with Crippen LogP contribution in [-0.2, 0) is 5.75 Å². The molecule has 1 aromatic carbocycles. The summed E-state index contributed by atoms with van der Waals surface area (Å²) in [7, 11) is 0. The highest BCUT2D eigenvalue weighted by atomic mass is 32.2. The first-order valence-corrected chi connectivity index (χ1v) is 7.02. The number of hydrogen-bond donors (Lipinski definition) is 1. The number of hydrogen-bond acceptors (Lipinski definition) is 5.